The van der Waals surface area contributed by atoms with E-state index in [-0.39, 0.29) is 26.0 Å². The lowest BCUT2D eigenvalue weighted by atomic mass is 10.2. The van der Waals surface area contributed by atoms with Gasteiger partial charge in [-0.05, 0) is 47.8 Å². The molecule has 0 unspecified atom stereocenters. The Bertz CT molecular complexity index is 1340. The van der Waals surface area contributed by atoms with Gasteiger partial charge in [-0.25, -0.2) is 26.8 Å². The van der Waals surface area contributed by atoms with Crippen LogP contribution in [-0.2, 0) is 29.6 Å². The number of nitrogens with two attached hydrogens (primary N) is 1. The van der Waals surface area contributed by atoms with Crippen LogP contribution >= 0.6 is 11.3 Å². The highest BCUT2D eigenvalue weighted by atomic mass is 32.2. The number of ether oxygens (including phenoxy) is 1. The molecule has 3 aromatic rings. The summed E-state index contributed by atoms with van der Waals surface area (Å²) in [6, 6.07) is 13.9. The predicted octanol–water partition coefficient (Wildman–Crippen LogP) is 1.99. The Hall–Kier alpha value is -3.26. The summed E-state index contributed by atoms with van der Waals surface area (Å²) in [4.78, 5) is 24.4. The predicted molar refractivity (Wildman–Crippen MR) is 118 cm³/mol. The molecule has 1 heterocycles. The molecule has 10 nitrogen and oxygen atoms in total. The lowest BCUT2D eigenvalue weighted by Gasteiger charge is -2.12. The lowest BCUT2D eigenvalue weighted by Crippen LogP contribution is -2.22. The van der Waals surface area contributed by atoms with Crippen LogP contribution < -0.4 is 15.2 Å². The third-order valence-electron chi connectivity index (χ3n) is 3.95. The fourth-order valence-corrected chi connectivity index (χ4v) is 5.08. The summed E-state index contributed by atoms with van der Waals surface area (Å²) in [5.41, 5.74) is 0.199. The normalized spacial score (nSPS) is 11.5. The molecule has 1 amide bonds. The zero-order valence-electron chi connectivity index (χ0n) is 16.2. The largest absolute Gasteiger partial charge is 0.452 e. The number of sulfonamides is 2. The first-order chi connectivity index (χ1) is 15.1. The number of carbonyl (C=O) groups is 2. The van der Waals surface area contributed by atoms with E-state index in [0.717, 1.165) is 11.3 Å². The average molecular weight is 496 g/mol. The fraction of sp³-hybridized carbons (Fsp3) is 0.0526. The molecule has 0 bridgehead atoms. The Labute approximate surface area is 188 Å². The number of rotatable bonds is 8. The van der Waals surface area contributed by atoms with Gasteiger partial charge in [0.05, 0.1) is 16.1 Å². The van der Waals surface area contributed by atoms with Crippen molar-refractivity contribution in [2.24, 2.45) is 5.14 Å². The number of primary sulfonamides is 1. The molecule has 168 valence electrons. The molecule has 2 aromatic carbocycles. The summed E-state index contributed by atoms with van der Waals surface area (Å²) >= 11 is 1.02. The van der Waals surface area contributed by atoms with Gasteiger partial charge in [0, 0.05) is 5.69 Å². The Morgan fingerprint density at radius 3 is 2.25 bits per heavy atom. The van der Waals surface area contributed by atoms with Crippen molar-refractivity contribution >= 4 is 54.6 Å². The quantitative estimate of drug-likeness (QED) is 0.403. The molecule has 0 radical (unpaired) electrons. The number of hydrogen-bond acceptors (Lipinski definition) is 8. The molecule has 0 atom stereocenters. The van der Waals surface area contributed by atoms with Crippen molar-refractivity contribution in [2.75, 3.05) is 16.6 Å². The molecular formula is C19H17N3O7S3. The van der Waals surface area contributed by atoms with E-state index < -0.39 is 38.5 Å². The highest BCUT2D eigenvalue weighted by molar-refractivity contribution is 7.94. The smallest absolute Gasteiger partial charge is 0.340 e. The summed E-state index contributed by atoms with van der Waals surface area (Å²) < 4.78 is 54.8. The minimum atomic E-state index is -3.88. The molecule has 4 N–H and O–H groups in total. The van der Waals surface area contributed by atoms with E-state index in [1.165, 1.54) is 48.5 Å². The van der Waals surface area contributed by atoms with Gasteiger partial charge in [-0.2, -0.15) is 0 Å². The summed E-state index contributed by atoms with van der Waals surface area (Å²) in [6.07, 6.45) is 0. The van der Waals surface area contributed by atoms with Gasteiger partial charge in [0.2, 0.25) is 10.0 Å². The Balaban J connectivity index is 1.63. The lowest BCUT2D eigenvalue weighted by molar-refractivity contribution is -0.119. The third kappa shape index (κ3) is 5.91. The molecule has 32 heavy (non-hydrogen) atoms. The van der Waals surface area contributed by atoms with E-state index in [0.29, 0.717) is 0 Å². The van der Waals surface area contributed by atoms with Crippen LogP contribution in [-0.4, -0.2) is 35.3 Å². The molecule has 0 fully saturated rings. The van der Waals surface area contributed by atoms with Crippen molar-refractivity contribution in [2.45, 2.75) is 9.10 Å². The molecule has 0 aliphatic carbocycles. The number of anilines is 2. The van der Waals surface area contributed by atoms with E-state index in [1.54, 1.807) is 17.5 Å². The SMILES string of the molecule is NS(=O)(=O)c1ccc(NC(=O)COC(=O)c2ccccc2NS(=O)(=O)c2cccs2)cc1. The molecule has 0 saturated heterocycles. The van der Waals surface area contributed by atoms with Crippen LogP contribution in [0, 0.1) is 0 Å². The summed E-state index contributed by atoms with van der Waals surface area (Å²) in [6.45, 7) is -0.651. The van der Waals surface area contributed by atoms with Crippen molar-refractivity contribution < 1.29 is 31.2 Å². The van der Waals surface area contributed by atoms with Gasteiger partial charge in [-0.1, -0.05) is 18.2 Å². The fourth-order valence-electron chi connectivity index (χ4n) is 2.50. The van der Waals surface area contributed by atoms with Crippen molar-refractivity contribution in [1.82, 2.24) is 0 Å². The van der Waals surface area contributed by atoms with Crippen molar-refractivity contribution in [3.8, 4) is 0 Å². The molecule has 0 spiro atoms. The van der Waals surface area contributed by atoms with E-state index in [1.807, 2.05) is 0 Å². The molecule has 0 saturated carbocycles. The zero-order chi connectivity index (χ0) is 23.4. The van der Waals surface area contributed by atoms with Crippen LogP contribution in [0.5, 0.6) is 0 Å². The number of esters is 1. The van der Waals surface area contributed by atoms with E-state index >= 15 is 0 Å². The summed E-state index contributed by atoms with van der Waals surface area (Å²) in [5.74, 6) is -1.59. The standard InChI is InChI=1S/C19H17N3O7S3/c20-31(25,26)14-9-7-13(8-10-14)21-17(23)12-29-19(24)15-4-1-2-5-16(15)22-32(27,28)18-6-3-11-30-18/h1-11,22H,12H2,(H,21,23)(H2,20,25,26). The minimum absolute atomic E-state index is 0.00453. The second-order valence-corrected chi connectivity index (χ2v) is 10.7. The van der Waals surface area contributed by atoms with Gasteiger partial charge in [0.1, 0.15) is 4.21 Å². The van der Waals surface area contributed by atoms with E-state index in [9.17, 15) is 26.4 Å². The number of para-hydroxylation sites is 1. The minimum Gasteiger partial charge on any atom is -0.452 e. The van der Waals surface area contributed by atoms with Crippen molar-refractivity contribution in [1.29, 1.82) is 0 Å². The molecule has 3 rings (SSSR count). The highest BCUT2D eigenvalue weighted by Gasteiger charge is 2.20. The number of benzene rings is 2. The van der Waals surface area contributed by atoms with Crippen LogP contribution in [0.3, 0.4) is 0 Å². The zero-order valence-corrected chi connectivity index (χ0v) is 18.7. The monoisotopic (exact) mass is 495 g/mol. The molecule has 0 aliphatic heterocycles. The Morgan fingerprint density at radius 2 is 1.62 bits per heavy atom. The average Bonchev–Trinajstić information content (AvgIpc) is 3.28. The Morgan fingerprint density at radius 1 is 0.938 bits per heavy atom. The van der Waals surface area contributed by atoms with Crippen LogP contribution in [0.2, 0.25) is 0 Å². The molecular weight excluding hydrogens is 478 g/mol. The van der Waals surface area contributed by atoms with Gasteiger partial charge in [0.15, 0.2) is 6.61 Å². The van der Waals surface area contributed by atoms with Crippen LogP contribution in [0.1, 0.15) is 10.4 Å². The van der Waals surface area contributed by atoms with Crippen molar-refractivity contribution in [3.63, 3.8) is 0 Å². The van der Waals surface area contributed by atoms with Crippen LogP contribution in [0.15, 0.2) is 75.1 Å². The number of carbonyl (C=O) groups excluding carboxylic acids is 2. The number of nitrogens with one attached hydrogen (secondary N) is 2. The van der Waals surface area contributed by atoms with Crippen molar-refractivity contribution in [3.05, 3.63) is 71.6 Å². The highest BCUT2D eigenvalue weighted by Crippen LogP contribution is 2.23. The van der Waals surface area contributed by atoms with Gasteiger partial charge in [-0.15, -0.1) is 11.3 Å². The third-order valence-corrected chi connectivity index (χ3v) is 7.64. The van der Waals surface area contributed by atoms with Crippen LogP contribution in [0.25, 0.3) is 0 Å². The number of hydrogen-bond donors (Lipinski definition) is 3. The second kappa shape index (κ2) is 9.48. The Kier molecular flexibility index (Phi) is 6.93. The first-order valence-corrected chi connectivity index (χ1v) is 12.7. The first kappa shape index (κ1) is 23.4. The number of thiophene rings is 1. The maximum absolute atomic E-state index is 12.4. The van der Waals surface area contributed by atoms with Gasteiger partial charge in [-0.3, -0.25) is 9.52 Å². The van der Waals surface area contributed by atoms with E-state index in [4.69, 9.17) is 9.88 Å². The maximum Gasteiger partial charge on any atom is 0.340 e. The van der Waals surface area contributed by atoms with Crippen LogP contribution in [0.4, 0.5) is 11.4 Å². The molecule has 13 heteroatoms. The first-order valence-electron chi connectivity index (χ1n) is 8.81. The number of amides is 1. The second-order valence-electron chi connectivity index (χ2n) is 6.28. The van der Waals surface area contributed by atoms with Gasteiger partial charge in [0.25, 0.3) is 15.9 Å². The van der Waals surface area contributed by atoms with E-state index in [2.05, 4.69) is 10.0 Å². The topological polar surface area (TPSA) is 162 Å². The molecule has 1 aromatic heterocycles. The summed E-state index contributed by atoms with van der Waals surface area (Å²) in [7, 11) is -7.74. The summed E-state index contributed by atoms with van der Waals surface area (Å²) in [5, 5.41) is 9.05. The maximum atomic E-state index is 12.4. The molecule has 0 aliphatic rings. The van der Waals surface area contributed by atoms with Gasteiger partial charge < -0.3 is 10.1 Å². The van der Waals surface area contributed by atoms with Gasteiger partial charge >= 0.3 is 5.97 Å².